The Bertz CT molecular complexity index is 445. The number of carbonyl (C=O) groups is 1. The number of rotatable bonds is 2. The number of aliphatic hydroxyl groups excluding tert-OH is 1. The first-order valence-electron chi connectivity index (χ1n) is 5.97. The van der Waals surface area contributed by atoms with Gasteiger partial charge in [0.2, 0.25) is 0 Å². The van der Waals surface area contributed by atoms with Crippen LogP contribution in [-0.4, -0.2) is 35.6 Å². The normalized spacial score (nSPS) is 16.9. The summed E-state index contributed by atoms with van der Waals surface area (Å²) in [7, 11) is 0. The monoisotopic (exact) mass is 271 g/mol. The van der Waals surface area contributed by atoms with E-state index in [-0.39, 0.29) is 23.5 Å². The topological polar surface area (TPSA) is 40.5 Å². The zero-order chi connectivity index (χ0) is 13.1. The van der Waals surface area contributed by atoms with Crippen LogP contribution in [0.3, 0.4) is 0 Å². The Kier molecular flexibility index (Phi) is 4.19. The minimum Gasteiger partial charge on any atom is -0.396 e. The van der Waals surface area contributed by atoms with Crippen LogP contribution in [0.2, 0.25) is 5.02 Å². The molecule has 3 nitrogen and oxygen atoms in total. The summed E-state index contributed by atoms with van der Waals surface area (Å²) >= 11 is 5.58. The lowest BCUT2D eigenvalue weighted by atomic mass is 9.97. The fourth-order valence-electron chi connectivity index (χ4n) is 2.13. The van der Waals surface area contributed by atoms with Gasteiger partial charge in [0.15, 0.2) is 0 Å². The van der Waals surface area contributed by atoms with Gasteiger partial charge in [-0.3, -0.25) is 4.79 Å². The van der Waals surface area contributed by atoms with Crippen molar-refractivity contribution in [1.29, 1.82) is 0 Å². The zero-order valence-corrected chi connectivity index (χ0v) is 10.7. The molecule has 0 spiro atoms. The van der Waals surface area contributed by atoms with Crippen molar-refractivity contribution >= 4 is 17.5 Å². The Hall–Kier alpha value is -1.13. The predicted molar refractivity (Wildman–Crippen MR) is 67.1 cm³/mol. The summed E-state index contributed by atoms with van der Waals surface area (Å²) in [6.45, 7) is 1.38. The van der Waals surface area contributed by atoms with Crippen molar-refractivity contribution in [2.45, 2.75) is 12.8 Å². The summed E-state index contributed by atoms with van der Waals surface area (Å²) in [5.41, 5.74) is 0.319. The minimum absolute atomic E-state index is 0.0190. The smallest absolute Gasteiger partial charge is 0.253 e. The van der Waals surface area contributed by atoms with Gasteiger partial charge in [0.1, 0.15) is 5.82 Å². The highest BCUT2D eigenvalue weighted by molar-refractivity contribution is 6.30. The van der Waals surface area contributed by atoms with Gasteiger partial charge >= 0.3 is 0 Å². The number of hydrogen-bond donors (Lipinski definition) is 1. The maximum absolute atomic E-state index is 13.3. The van der Waals surface area contributed by atoms with E-state index >= 15 is 0 Å². The van der Waals surface area contributed by atoms with Crippen molar-refractivity contribution in [1.82, 2.24) is 4.90 Å². The molecule has 1 fully saturated rings. The van der Waals surface area contributed by atoms with Crippen LogP contribution in [0.25, 0.3) is 0 Å². The van der Waals surface area contributed by atoms with Crippen LogP contribution in [0.15, 0.2) is 18.2 Å². The average molecular weight is 272 g/mol. The molecule has 1 aromatic carbocycles. The highest BCUT2D eigenvalue weighted by Gasteiger charge is 2.23. The van der Waals surface area contributed by atoms with Gasteiger partial charge in [-0.25, -0.2) is 4.39 Å². The lowest BCUT2D eigenvalue weighted by Crippen LogP contribution is -2.39. The maximum Gasteiger partial charge on any atom is 0.253 e. The summed E-state index contributed by atoms with van der Waals surface area (Å²) in [5, 5.41) is 9.05. The van der Waals surface area contributed by atoms with Crippen molar-refractivity contribution in [3.05, 3.63) is 34.6 Å². The van der Waals surface area contributed by atoms with Crippen LogP contribution in [0.5, 0.6) is 0 Å². The molecular formula is C13H15ClFNO2. The molecule has 18 heavy (non-hydrogen) atoms. The van der Waals surface area contributed by atoms with Gasteiger partial charge in [-0.1, -0.05) is 11.6 Å². The molecule has 0 atom stereocenters. The molecule has 0 aromatic heterocycles. The quantitative estimate of drug-likeness (QED) is 0.897. The minimum atomic E-state index is -0.576. The van der Waals surface area contributed by atoms with Crippen LogP contribution >= 0.6 is 11.6 Å². The van der Waals surface area contributed by atoms with Crippen LogP contribution in [-0.2, 0) is 0 Å². The van der Waals surface area contributed by atoms with Crippen molar-refractivity contribution in [2.75, 3.05) is 19.7 Å². The first kappa shape index (κ1) is 13.3. The molecule has 0 unspecified atom stereocenters. The number of hydrogen-bond acceptors (Lipinski definition) is 2. The molecule has 98 valence electrons. The Labute approximate surface area is 110 Å². The highest BCUT2D eigenvalue weighted by Crippen LogP contribution is 2.20. The largest absolute Gasteiger partial charge is 0.396 e. The Morgan fingerprint density at radius 3 is 2.67 bits per heavy atom. The SMILES string of the molecule is O=C(c1ccc(Cl)c(F)c1)N1CCC(CO)CC1. The molecule has 2 rings (SSSR count). The molecular weight excluding hydrogens is 257 g/mol. The second kappa shape index (κ2) is 5.67. The van der Waals surface area contributed by atoms with Crippen LogP contribution in [0.1, 0.15) is 23.2 Å². The van der Waals surface area contributed by atoms with E-state index in [9.17, 15) is 9.18 Å². The van der Waals surface area contributed by atoms with E-state index in [2.05, 4.69) is 0 Å². The van der Waals surface area contributed by atoms with Gasteiger partial charge in [-0.05, 0) is 37.0 Å². The van der Waals surface area contributed by atoms with E-state index in [1.807, 2.05) is 0 Å². The summed E-state index contributed by atoms with van der Waals surface area (Å²) < 4.78 is 13.3. The third-order valence-corrected chi connectivity index (χ3v) is 3.63. The number of nitrogens with zero attached hydrogens (tertiary/aromatic N) is 1. The van der Waals surface area contributed by atoms with Gasteiger partial charge in [0.05, 0.1) is 5.02 Å². The molecule has 1 amide bonds. The molecule has 5 heteroatoms. The Morgan fingerprint density at radius 1 is 1.44 bits per heavy atom. The average Bonchev–Trinajstić information content (AvgIpc) is 2.41. The molecule has 0 aliphatic carbocycles. The summed E-state index contributed by atoms with van der Waals surface area (Å²) in [4.78, 5) is 13.8. The third-order valence-electron chi connectivity index (χ3n) is 3.33. The molecule has 0 bridgehead atoms. The third kappa shape index (κ3) is 2.82. The number of halogens is 2. The van der Waals surface area contributed by atoms with Crippen molar-refractivity contribution < 1.29 is 14.3 Å². The summed E-state index contributed by atoms with van der Waals surface area (Å²) in [5.74, 6) is -0.481. The summed E-state index contributed by atoms with van der Waals surface area (Å²) in [6, 6.07) is 4.10. The van der Waals surface area contributed by atoms with E-state index in [1.165, 1.54) is 18.2 Å². The van der Waals surface area contributed by atoms with E-state index in [4.69, 9.17) is 16.7 Å². The Balaban J connectivity index is 2.05. The van der Waals surface area contributed by atoms with E-state index in [0.29, 0.717) is 18.7 Å². The predicted octanol–water partition coefficient (Wildman–Crippen LogP) is 2.32. The second-order valence-electron chi connectivity index (χ2n) is 4.55. The number of amides is 1. The van der Waals surface area contributed by atoms with E-state index in [0.717, 1.165) is 12.8 Å². The van der Waals surface area contributed by atoms with E-state index in [1.54, 1.807) is 4.90 Å². The molecule has 1 aromatic rings. The van der Waals surface area contributed by atoms with Gasteiger partial charge in [0.25, 0.3) is 5.91 Å². The van der Waals surface area contributed by atoms with Gasteiger partial charge in [0, 0.05) is 25.3 Å². The number of carbonyl (C=O) groups excluding carboxylic acids is 1. The van der Waals surface area contributed by atoms with Crippen LogP contribution in [0.4, 0.5) is 4.39 Å². The van der Waals surface area contributed by atoms with Gasteiger partial charge in [-0.15, -0.1) is 0 Å². The number of aliphatic hydroxyl groups is 1. The highest BCUT2D eigenvalue weighted by atomic mass is 35.5. The molecule has 1 saturated heterocycles. The Morgan fingerprint density at radius 2 is 2.11 bits per heavy atom. The molecule has 1 aliphatic heterocycles. The molecule has 1 N–H and O–H groups in total. The van der Waals surface area contributed by atoms with Crippen LogP contribution in [0, 0.1) is 11.7 Å². The first-order valence-corrected chi connectivity index (χ1v) is 6.35. The fraction of sp³-hybridized carbons (Fsp3) is 0.462. The number of piperidine rings is 1. The zero-order valence-electron chi connectivity index (χ0n) is 9.90. The lowest BCUT2D eigenvalue weighted by molar-refractivity contribution is 0.0650. The van der Waals surface area contributed by atoms with Gasteiger partial charge in [-0.2, -0.15) is 0 Å². The van der Waals surface area contributed by atoms with Gasteiger partial charge < -0.3 is 10.0 Å². The standard InChI is InChI=1S/C13H15ClFNO2/c14-11-2-1-10(7-12(11)15)13(18)16-5-3-9(8-17)4-6-16/h1-2,7,9,17H,3-6,8H2. The van der Waals surface area contributed by atoms with E-state index < -0.39 is 5.82 Å². The fourth-order valence-corrected chi connectivity index (χ4v) is 2.25. The number of benzene rings is 1. The number of likely N-dealkylation sites (tertiary alicyclic amines) is 1. The first-order chi connectivity index (χ1) is 8.61. The molecule has 0 saturated carbocycles. The maximum atomic E-state index is 13.3. The van der Waals surface area contributed by atoms with Crippen molar-refractivity contribution in [3.63, 3.8) is 0 Å². The van der Waals surface area contributed by atoms with Crippen LogP contribution < -0.4 is 0 Å². The van der Waals surface area contributed by atoms with Crippen molar-refractivity contribution in [3.8, 4) is 0 Å². The second-order valence-corrected chi connectivity index (χ2v) is 4.95. The molecule has 1 aliphatic rings. The lowest BCUT2D eigenvalue weighted by Gasteiger charge is -2.31. The molecule has 0 radical (unpaired) electrons. The van der Waals surface area contributed by atoms with Crippen molar-refractivity contribution in [2.24, 2.45) is 5.92 Å². The molecule has 1 heterocycles. The summed E-state index contributed by atoms with van der Waals surface area (Å²) in [6.07, 6.45) is 1.58.